The molecule has 2 rings (SSSR count). The number of nitrogens with two attached hydrogens (primary N) is 1. The molecule has 0 heterocycles. The first-order valence-corrected chi connectivity index (χ1v) is 8.17. The van der Waals surface area contributed by atoms with Crippen LogP contribution >= 0.6 is 11.6 Å². The summed E-state index contributed by atoms with van der Waals surface area (Å²) in [6.07, 6.45) is 7.39. The maximum atomic E-state index is 12.7. The quantitative estimate of drug-likeness (QED) is 0.670. The lowest BCUT2D eigenvalue weighted by Gasteiger charge is -2.21. The minimum Gasteiger partial charge on any atom is -0.398 e. The van der Waals surface area contributed by atoms with Crippen LogP contribution in [-0.4, -0.2) is 25.8 Å². The second-order valence-electron chi connectivity index (χ2n) is 5.06. The van der Waals surface area contributed by atoms with Crippen molar-refractivity contribution in [2.45, 2.75) is 24.7 Å². The second kappa shape index (κ2) is 5.65. The molecule has 1 aliphatic rings. The largest absolute Gasteiger partial charge is 0.398 e. The summed E-state index contributed by atoms with van der Waals surface area (Å²) in [6, 6.07) is 2.97. The predicted octanol–water partition coefficient (Wildman–Crippen LogP) is 2.26. The van der Waals surface area contributed by atoms with Crippen LogP contribution in [0.15, 0.2) is 17.0 Å². The summed E-state index contributed by atoms with van der Waals surface area (Å²) in [5.41, 5.74) is 6.67. The Labute approximate surface area is 125 Å². The Morgan fingerprint density at radius 1 is 1.50 bits per heavy atom. The van der Waals surface area contributed by atoms with Gasteiger partial charge in [0, 0.05) is 17.3 Å². The summed E-state index contributed by atoms with van der Waals surface area (Å²) in [4.78, 5) is 0.137. The van der Waals surface area contributed by atoms with Crippen LogP contribution < -0.4 is 5.73 Å². The van der Waals surface area contributed by atoms with Crippen LogP contribution in [0.4, 0.5) is 5.69 Å². The fourth-order valence-corrected chi connectivity index (χ4v) is 4.02. The first kappa shape index (κ1) is 15.2. The lowest BCUT2D eigenvalue weighted by atomic mass is 10.2. The summed E-state index contributed by atoms with van der Waals surface area (Å²) in [6.45, 7) is 2.19. The summed E-state index contributed by atoms with van der Waals surface area (Å²) in [5.74, 6) is 2.82. The van der Waals surface area contributed by atoms with E-state index in [1.807, 2.05) is 0 Å². The Balaban J connectivity index is 2.44. The van der Waals surface area contributed by atoms with Crippen molar-refractivity contribution in [1.82, 2.24) is 4.31 Å². The average molecular weight is 313 g/mol. The topological polar surface area (TPSA) is 63.4 Å². The third-order valence-corrected chi connectivity index (χ3v) is 5.57. The highest BCUT2D eigenvalue weighted by atomic mass is 35.5. The van der Waals surface area contributed by atoms with E-state index in [0.717, 1.165) is 12.8 Å². The van der Waals surface area contributed by atoms with E-state index in [4.69, 9.17) is 23.8 Å². The van der Waals surface area contributed by atoms with Gasteiger partial charge < -0.3 is 5.73 Å². The van der Waals surface area contributed by atoms with E-state index < -0.39 is 10.0 Å². The van der Waals surface area contributed by atoms with E-state index in [1.54, 1.807) is 13.0 Å². The van der Waals surface area contributed by atoms with Gasteiger partial charge in [0.15, 0.2) is 0 Å². The van der Waals surface area contributed by atoms with E-state index in [2.05, 4.69) is 5.92 Å². The standard InChI is InChI=1S/C14H17ClN2O2S/c1-3-6-17(9-11-4-5-11)20(18,19)14-8-12(15)7-13(16)10(14)2/h1,7-8,11H,4-6,9,16H2,2H3. The van der Waals surface area contributed by atoms with Crippen molar-refractivity contribution >= 4 is 27.3 Å². The number of rotatable bonds is 5. The molecule has 2 N–H and O–H groups in total. The molecule has 0 amide bonds. The highest BCUT2D eigenvalue weighted by Crippen LogP contribution is 2.33. The number of hydrogen-bond donors (Lipinski definition) is 1. The van der Waals surface area contributed by atoms with Crippen LogP contribution in [0.2, 0.25) is 5.02 Å². The minimum absolute atomic E-state index is 0.0602. The minimum atomic E-state index is -3.67. The molecule has 0 bridgehead atoms. The summed E-state index contributed by atoms with van der Waals surface area (Å²) >= 11 is 5.92. The molecule has 108 valence electrons. The van der Waals surface area contributed by atoms with Crippen LogP contribution in [0.5, 0.6) is 0 Å². The summed E-state index contributed by atoms with van der Waals surface area (Å²) in [7, 11) is -3.67. The fourth-order valence-electron chi connectivity index (χ4n) is 2.02. The number of nitrogen functional groups attached to an aromatic ring is 1. The van der Waals surface area contributed by atoms with Gasteiger partial charge >= 0.3 is 0 Å². The zero-order valence-corrected chi connectivity index (χ0v) is 12.8. The lowest BCUT2D eigenvalue weighted by Crippen LogP contribution is -2.33. The molecule has 0 unspecified atom stereocenters. The molecule has 20 heavy (non-hydrogen) atoms. The van der Waals surface area contributed by atoms with Crippen LogP contribution in [0.3, 0.4) is 0 Å². The predicted molar refractivity (Wildman–Crippen MR) is 80.9 cm³/mol. The Morgan fingerprint density at radius 3 is 2.70 bits per heavy atom. The van der Waals surface area contributed by atoms with Gasteiger partial charge in [-0.1, -0.05) is 17.5 Å². The number of anilines is 1. The van der Waals surface area contributed by atoms with Gasteiger partial charge in [-0.3, -0.25) is 0 Å². The molecule has 1 saturated carbocycles. The van der Waals surface area contributed by atoms with E-state index in [1.165, 1.54) is 10.4 Å². The molecular formula is C14H17ClN2O2S. The Morgan fingerprint density at radius 2 is 2.15 bits per heavy atom. The molecule has 4 nitrogen and oxygen atoms in total. The highest BCUT2D eigenvalue weighted by Gasteiger charge is 2.32. The van der Waals surface area contributed by atoms with Gasteiger partial charge in [0.25, 0.3) is 0 Å². The van der Waals surface area contributed by atoms with Crippen molar-refractivity contribution in [2.24, 2.45) is 5.92 Å². The Kier molecular flexibility index (Phi) is 4.28. The summed E-state index contributed by atoms with van der Waals surface area (Å²) < 4.78 is 26.8. The molecule has 1 aliphatic carbocycles. The molecule has 1 fully saturated rings. The second-order valence-corrected chi connectivity index (χ2v) is 7.41. The Hall–Kier alpha value is -1.22. The molecular weight excluding hydrogens is 296 g/mol. The van der Waals surface area contributed by atoms with Gasteiger partial charge in [-0.05, 0) is 43.4 Å². The van der Waals surface area contributed by atoms with Crippen molar-refractivity contribution in [3.05, 3.63) is 22.7 Å². The van der Waals surface area contributed by atoms with E-state index >= 15 is 0 Å². The maximum absolute atomic E-state index is 12.7. The van der Waals surface area contributed by atoms with Crippen molar-refractivity contribution < 1.29 is 8.42 Å². The molecule has 0 saturated heterocycles. The lowest BCUT2D eigenvalue weighted by molar-refractivity contribution is 0.430. The zero-order chi connectivity index (χ0) is 14.9. The average Bonchev–Trinajstić information content (AvgIpc) is 3.17. The van der Waals surface area contributed by atoms with E-state index in [-0.39, 0.29) is 11.4 Å². The molecule has 0 aromatic heterocycles. The first-order valence-electron chi connectivity index (χ1n) is 6.35. The highest BCUT2D eigenvalue weighted by molar-refractivity contribution is 7.89. The smallest absolute Gasteiger partial charge is 0.244 e. The van der Waals surface area contributed by atoms with Crippen LogP contribution in [-0.2, 0) is 10.0 Å². The van der Waals surface area contributed by atoms with Crippen LogP contribution in [0.25, 0.3) is 0 Å². The van der Waals surface area contributed by atoms with Gasteiger partial charge in [0.1, 0.15) is 0 Å². The van der Waals surface area contributed by atoms with E-state index in [0.29, 0.717) is 28.7 Å². The third-order valence-electron chi connectivity index (χ3n) is 3.41. The van der Waals surface area contributed by atoms with Crippen molar-refractivity contribution in [3.63, 3.8) is 0 Å². The number of benzene rings is 1. The fraction of sp³-hybridized carbons (Fsp3) is 0.429. The Bertz CT molecular complexity index is 660. The molecule has 1 aromatic carbocycles. The van der Waals surface area contributed by atoms with Gasteiger partial charge in [-0.2, -0.15) is 4.31 Å². The van der Waals surface area contributed by atoms with Gasteiger partial charge in [0.05, 0.1) is 11.4 Å². The maximum Gasteiger partial charge on any atom is 0.244 e. The monoisotopic (exact) mass is 312 g/mol. The molecule has 0 spiro atoms. The number of halogens is 1. The molecule has 1 aromatic rings. The van der Waals surface area contributed by atoms with Crippen molar-refractivity contribution in [1.29, 1.82) is 0 Å². The van der Waals surface area contributed by atoms with E-state index in [9.17, 15) is 8.42 Å². The molecule has 0 aliphatic heterocycles. The number of terminal acetylenes is 1. The van der Waals surface area contributed by atoms with Crippen molar-refractivity contribution in [3.8, 4) is 12.3 Å². The molecule has 0 atom stereocenters. The number of sulfonamides is 1. The molecule has 6 heteroatoms. The SMILES string of the molecule is C#CCN(CC1CC1)S(=O)(=O)c1cc(Cl)cc(N)c1C. The normalized spacial score (nSPS) is 15.3. The first-order chi connectivity index (χ1) is 9.36. The molecule has 0 radical (unpaired) electrons. The van der Waals surface area contributed by atoms with Crippen molar-refractivity contribution in [2.75, 3.05) is 18.8 Å². The van der Waals surface area contributed by atoms with Crippen LogP contribution in [0.1, 0.15) is 18.4 Å². The van der Waals surface area contributed by atoms with Crippen LogP contribution in [0, 0.1) is 25.2 Å². The number of nitrogens with zero attached hydrogens (tertiary/aromatic N) is 1. The van der Waals surface area contributed by atoms with Gasteiger partial charge in [-0.15, -0.1) is 6.42 Å². The van der Waals surface area contributed by atoms with Gasteiger partial charge in [0.2, 0.25) is 10.0 Å². The van der Waals surface area contributed by atoms with Gasteiger partial charge in [-0.25, -0.2) is 8.42 Å². The number of hydrogen-bond acceptors (Lipinski definition) is 3. The zero-order valence-electron chi connectivity index (χ0n) is 11.3. The summed E-state index contributed by atoms with van der Waals surface area (Å²) in [5, 5.41) is 0.304. The third kappa shape index (κ3) is 3.09.